The molecule has 0 unspecified atom stereocenters. The molecule has 0 bridgehead atoms. The van der Waals surface area contributed by atoms with Gasteiger partial charge in [-0.2, -0.15) is 0 Å². The zero-order valence-corrected chi connectivity index (χ0v) is 9.96. The predicted octanol–water partition coefficient (Wildman–Crippen LogP) is 4.81. The van der Waals surface area contributed by atoms with Crippen LogP contribution in [0.25, 0.3) is 0 Å². The van der Waals surface area contributed by atoms with Crippen molar-refractivity contribution in [3.8, 4) is 0 Å². The van der Waals surface area contributed by atoms with E-state index in [1.54, 1.807) is 6.07 Å². The number of hydrogen-bond acceptors (Lipinski definition) is 0. The summed E-state index contributed by atoms with van der Waals surface area (Å²) in [5, 5.41) is 0. The van der Waals surface area contributed by atoms with Gasteiger partial charge in [-0.05, 0) is 55.6 Å². The summed E-state index contributed by atoms with van der Waals surface area (Å²) in [4.78, 5) is 0. The Morgan fingerprint density at radius 1 is 1.18 bits per heavy atom. The maximum atomic E-state index is 13.6. The molecule has 0 aromatic heterocycles. The first kappa shape index (κ1) is 12.3. The molecular weight excluding hydrogens is 218 g/mol. The third-order valence-electron chi connectivity index (χ3n) is 3.75. The Morgan fingerprint density at radius 2 is 1.88 bits per heavy atom. The van der Waals surface area contributed by atoms with Gasteiger partial charge in [0.2, 0.25) is 0 Å². The molecule has 1 fully saturated rings. The van der Waals surface area contributed by atoms with Crippen LogP contribution < -0.4 is 0 Å². The maximum Gasteiger partial charge on any atom is 0.129 e. The molecule has 92 valence electrons. The van der Waals surface area contributed by atoms with Gasteiger partial charge < -0.3 is 0 Å². The zero-order chi connectivity index (χ0) is 12.3. The molecule has 0 radical (unpaired) electrons. The molecule has 0 heterocycles. The summed E-state index contributed by atoms with van der Waals surface area (Å²) >= 11 is 0. The number of hydrogen-bond donors (Lipinski definition) is 0. The van der Waals surface area contributed by atoms with Crippen molar-refractivity contribution in [2.24, 2.45) is 5.92 Å². The van der Waals surface area contributed by atoms with Crippen molar-refractivity contribution in [2.75, 3.05) is 0 Å². The molecule has 1 aromatic rings. The van der Waals surface area contributed by atoms with Crippen molar-refractivity contribution < 1.29 is 8.78 Å². The summed E-state index contributed by atoms with van der Waals surface area (Å²) in [7, 11) is 0. The predicted molar refractivity (Wildman–Crippen MR) is 65.9 cm³/mol. The molecule has 2 rings (SSSR count). The molecule has 0 spiro atoms. The van der Waals surface area contributed by atoms with Crippen molar-refractivity contribution in [1.82, 2.24) is 0 Å². The molecule has 2 heteroatoms. The minimum Gasteiger partial charge on any atom is -0.207 e. The summed E-state index contributed by atoms with van der Waals surface area (Å²) in [6.07, 6.45) is 7.26. The van der Waals surface area contributed by atoms with Gasteiger partial charge in [0, 0.05) is 6.07 Å². The number of halogens is 2. The van der Waals surface area contributed by atoms with Gasteiger partial charge in [-0.3, -0.25) is 0 Å². The van der Waals surface area contributed by atoms with Gasteiger partial charge in [0.25, 0.3) is 0 Å². The zero-order valence-electron chi connectivity index (χ0n) is 9.96. The van der Waals surface area contributed by atoms with E-state index in [2.05, 4.69) is 6.58 Å². The fourth-order valence-corrected chi connectivity index (χ4v) is 2.78. The minimum atomic E-state index is -0.494. The Morgan fingerprint density at radius 3 is 2.47 bits per heavy atom. The molecule has 0 N–H and O–H groups in total. The highest BCUT2D eigenvalue weighted by molar-refractivity contribution is 5.23. The lowest BCUT2D eigenvalue weighted by molar-refractivity contribution is 0.323. The first-order valence-electron chi connectivity index (χ1n) is 6.26. The lowest BCUT2D eigenvalue weighted by atomic mass is 9.77. The Bertz CT molecular complexity index is 390. The quantitative estimate of drug-likeness (QED) is 0.660. The van der Waals surface area contributed by atoms with Crippen molar-refractivity contribution >= 4 is 0 Å². The normalized spacial score (nSPS) is 24.6. The van der Waals surface area contributed by atoms with E-state index in [-0.39, 0.29) is 5.92 Å². The number of allylic oxidation sites excluding steroid dienone is 1. The van der Waals surface area contributed by atoms with Crippen molar-refractivity contribution in [3.63, 3.8) is 0 Å². The van der Waals surface area contributed by atoms with Crippen molar-refractivity contribution in [1.29, 1.82) is 0 Å². The van der Waals surface area contributed by atoms with Gasteiger partial charge in [-0.1, -0.05) is 12.1 Å². The van der Waals surface area contributed by atoms with Crippen LogP contribution in [-0.2, 0) is 0 Å². The van der Waals surface area contributed by atoms with Crippen LogP contribution in [0, 0.1) is 17.6 Å². The van der Waals surface area contributed by atoms with Crippen LogP contribution >= 0.6 is 0 Å². The highest BCUT2D eigenvalue weighted by Crippen LogP contribution is 2.38. The molecule has 0 aliphatic heterocycles. The Balaban J connectivity index is 2.02. The standard InChI is InChI=1S/C15H18F2/c1-2-3-11-4-6-12(7-5-11)14-9-8-13(16)10-15(14)17/h2,8-12H,1,3-7H2. The smallest absolute Gasteiger partial charge is 0.129 e. The molecule has 0 saturated heterocycles. The Labute approximate surface area is 101 Å². The van der Waals surface area contributed by atoms with E-state index in [0.29, 0.717) is 11.5 Å². The highest BCUT2D eigenvalue weighted by atomic mass is 19.1. The highest BCUT2D eigenvalue weighted by Gasteiger charge is 2.23. The first-order chi connectivity index (χ1) is 8.20. The number of rotatable bonds is 3. The van der Waals surface area contributed by atoms with E-state index in [1.807, 2.05) is 6.08 Å². The fraction of sp³-hybridized carbons (Fsp3) is 0.467. The third kappa shape index (κ3) is 2.93. The van der Waals surface area contributed by atoms with Gasteiger partial charge in [0.05, 0.1) is 0 Å². The van der Waals surface area contributed by atoms with Gasteiger partial charge in [0.15, 0.2) is 0 Å². The van der Waals surface area contributed by atoms with E-state index < -0.39 is 11.6 Å². The summed E-state index contributed by atoms with van der Waals surface area (Å²) in [6, 6.07) is 3.95. The van der Waals surface area contributed by atoms with E-state index >= 15 is 0 Å². The molecule has 0 amide bonds. The van der Waals surface area contributed by atoms with Crippen LogP contribution in [0.5, 0.6) is 0 Å². The number of benzene rings is 1. The Kier molecular flexibility index (Phi) is 3.93. The van der Waals surface area contributed by atoms with Crippen LogP contribution in [0.1, 0.15) is 43.6 Å². The molecule has 17 heavy (non-hydrogen) atoms. The fourth-order valence-electron chi connectivity index (χ4n) is 2.78. The van der Waals surface area contributed by atoms with E-state index in [9.17, 15) is 8.78 Å². The van der Waals surface area contributed by atoms with E-state index in [1.165, 1.54) is 6.07 Å². The van der Waals surface area contributed by atoms with E-state index in [4.69, 9.17) is 0 Å². The van der Waals surface area contributed by atoms with Gasteiger partial charge >= 0.3 is 0 Å². The molecule has 0 atom stereocenters. The van der Waals surface area contributed by atoms with Crippen LogP contribution in [0.15, 0.2) is 30.9 Å². The molecule has 1 aromatic carbocycles. The largest absolute Gasteiger partial charge is 0.207 e. The summed E-state index contributed by atoms with van der Waals surface area (Å²) in [5.41, 5.74) is 0.684. The second-order valence-electron chi connectivity index (χ2n) is 4.91. The van der Waals surface area contributed by atoms with Gasteiger partial charge in [-0.15, -0.1) is 6.58 Å². The van der Waals surface area contributed by atoms with Gasteiger partial charge in [-0.25, -0.2) is 8.78 Å². The summed E-state index contributed by atoms with van der Waals surface area (Å²) in [6.45, 7) is 3.75. The maximum absolute atomic E-state index is 13.6. The lowest BCUT2D eigenvalue weighted by Crippen LogP contribution is -2.13. The summed E-state index contributed by atoms with van der Waals surface area (Å²) in [5.74, 6) is 0.0766. The average molecular weight is 236 g/mol. The average Bonchev–Trinajstić information content (AvgIpc) is 2.31. The molecule has 1 aliphatic carbocycles. The molecular formula is C15H18F2. The van der Waals surface area contributed by atoms with Crippen LogP contribution in [0.2, 0.25) is 0 Å². The third-order valence-corrected chi connectivity index (χ3v) is 3.75. The second kappa shape index (κ2) is 5.44. The van der Waals surface area contributed by atoms with Crippen LogP contribution in [0.4, 0.5) is 8.78 Å². The van der Waals surface area contributed by atoms with E-state index in [0.717, 1.165) is 38.2 Å². The van der Waals surface area contributed by atoms with Crippen molar-refractivity contribution in [3.05, 3.63) is 48.1 Å². The Hall–Kier alpha value is -1.18. The molecule has 1 saturated carbocycles. The lowest BCUT2D eigenvalue weighted by Gasteiger charge is -2.28. The minimum absolute atomic E-state index is 0.261. The van der Waals surface area contributed by atoms with Gasteiger partial charge in [0.1, 0.15) is 11.6 Å². The SMILES string of the molecule is C=CCC1CCC(c2ccc(F)cc2F)CC1. The summed E-state index contributed by atoms with van der Waals surface area (Å²) < 4.78 is 26.5. The first-order valence-corrected chi connectivity index (χ1v) is 6.26. The molecule has 0 nitrogen and oxygen atoms in total. The van der Waals surface area contributed by atoms with Crippen molar-refractivity contribution in [2.45, 2.75) is 38.0 Å². The molecule has 1 aliphatic rings. The second-order valence-corrected chi connectivity index (χ2v) is 4.91. The van der Waals surface area contributed by atoms with Crippen LogP contribution in [-0.4, -0.2) is 0 Å². The monoisotopic (exact) mass is 236 g/mol. The topological polar surface area (TPSA) is 0 Å². The van der Waals surface area contributed by atoms with Crippen LogP contribution in [0.3, 0.4) is 0 Å².